The number of carboxylic acids is 2. The Hall–Kier alpha value is -3.49. The van der Waals surface area contributed by atoms with Crippen LogP contribution < -0.4 is 10.1 Å². The van der Waals surface area contributed by atoms with Gasteiger partial charge in [0, 0.05) is 24.5 Å². The van der Waals surface area contributed by atoms with Crippen molar-refractivity contribution < 1.29 is 59.4 Å². The first-order chi connectivity index (χ1) is 17.1. The van der Waals surface area contributed by atoms with Crippen LogP contribution in [0.2, 0.25) is 0 Å². The van der Waals surface area contributed by atoms with Crippen LogP contribution in [-0.2, 0) is 20.7 Å². The Balaban J connectivity index is 1.55. The number of aromatic hydroxyl groups is 1. The third kappa shape index (κ3) is 5.05. The first-order valence-electron chi connectivity index (χ1n) is 11.2. The number of phenols is 1. The van der Waals surface area contributed by atoms with E-state index in [0.717, 1.165) is 5.56 Å². The SMILES string of the molecule is O=C(O)C1=C/C(=C/C=[N+]2CCc3cc(OC4OC(CO)C(O)C(O)C4O)c(O)cc32)CC(C(=O)O)N1. The first-order valence-corrected chi connectivity index (χ1v) is 11.2. The summed E-state index contributed by atoms with van der Waals surface area (Å²) in [6.07, 6.45) is -2.12. The third-order valence-corrected chi connectivity index (χ3v) is 6.28. The van der Waals surface area contributed by atoms with Crippen LogP contribution in [0, 0.1) is 0 Å². The van der Waals surface area contributed by atoms with Crippen molar-refractivity contribution >= 4 is 23.8 Å². The number of fused-ring (bicyclic) bond motifs is 1. The number of carbonyl (C=O) groups is 2. The lowest BCUT2D eigenvalue weighted by molar-refractivity contribution is -0.423. The van der Waals surface area contributed by atoms with Crippen molar-refractivity contribution in [2.75, 3.05) is 13.2 Å². The minimum absolute atomic E-state index is 0.0324. The van der Waals surface area contributed by atoms with Gasteiger partial charge in [-0.1, -0.05) is 0 Å². The summed E-state index contributed by atoms with van der Waals surface area (Å²) in [4.78, 5) is 22.7. The maximum atomic E-state index is 11.4. The molecule has 0 aromatic heterocycles. The summed E-state index contributed by atoms with van der Waals surface area (Å²) >= 11 is 0. The molecule has 3 heterocycles. The summed E-state index contributed by atoms with van der Waals surface area (Å²) in [5, 5.41) is 70.9. The van der Waals surface area contributed by atoms with E-state index in [2.05, 4.69) is 5.32 Å². The van der Waals surface area contributed by atoms with Gasteiger partial charge in [0.25, 0.3) is 0 Å². The molecule has 8 N–H and O–H groups in total. The minimum atomic E-state index is -1.63. The summed E-state index contributed by atoms with van der Waals surface area (Å²) in [5.41, 5.74) is 1.69. The number of nitrogens with one attached hydrogen (secondary N) is 1. The van der Waals surface area contributed by atoms with Crippen LogP contribution >= 0.6 is 0 Å². The number of ether oxygens (including phenoxy) is 2. The Morgan fingerprint density at radius 1 is 1.17 bits per heavy atom. The number of hydrogen-bond donors (Lipinski definition) is 8. The fourth-order valence-corrected chi connectivity index (χ4v) is 4.30. The highest BCUT2D eigenvalue weighted by Crippen LogP contribution is 2.38. The Labute approximate surface area is 204 Å². The van der Waals surface area contributed by atoms with Crippen LogP contribution in [0.4, 0.5) is 5.69 Å². The number of aliphatic carboxylic acids is 2. The molecule has 6 unspecified atom stereocenters. The molecule has 1 aromatic rings. The van der Waals surface area contributed by atoms with Gasteiger partial charge in [0.1, 0.15) is 36.2 Å². The second-order valence-corrected chi connectivity index (χ2v) is 8.70. The average molecular weight is 507 g/mol. The maximum Gasteiger partial charge on any atom is 0.351 e. The van der Waals surface area contributed by atoms with E-state index < -0.39 is 55.3 Å². The van der Waals surface area contributed by atoms with Crippen LogP contribution in [-0.4, -0.2) is 108 Å². The molecule has 3 aliphatic rings. The first kappa shape index (κ1) is 25.6. The van der Waals surface area contributed by atoms with Gasteiger partial charge in [-0.25, -0.2) is 9.59 Å². The standard InChI is InChI=1S/C23H26N2O11/c26-9-17-18(28)19(29)20(30)23(36-17)35-16-7-11-2-4-25(14(11)8-15(16)27)3-1-10-5-12(21(31)32)24-13(6-10)22(33)34/h1,3,5,7-8,13,17-20,23,26,28-30H,2,4,6,9H2,(H3,27,31,32,33,34)/p+1. The van der Waals surface area contributed by atoms with E-state index >= 15 is 0 Å². The van der Waals surface area contributed by atoms with E-state index in [9.17, 15) is 45.3 Å². The average Bonchev–Trinajstić information content (AvgIpc) is 3.24. The molecule has 0 saturated carbocycles. The predicted octanol–water partition coefficient (Wildman–Crippen LogP) is -1.82. The molecule has 3 aliphatic heterocycles. The molecule has 13 nitrogen and oxygen atoms in total. The van der Waals surface area contributed by atoms with Crippen LogP contribution in [0.5, 0.6) is 11.5 Å². The Kier molecular flexibility index (Phi) is 7.28. The van der Waals surface area contributed by atoms with Gasteiger partial charge in [-0.2, -0.15) is 4.58 Å². The van der Waals surface area contributed by atoms with E-state index in [1.54, 1.807) is 22.9 Å². The Morgan fingerprint density at radius 3 is 2.58 bits per heavy atom. The summed E-state index contributed by atoms with van der Waals surface area (Å²) in [6, 6.07) is 1.90. The summed E-state index contributed by atoms with van der Waals surface area (Å²) in [6.45, 7) is -0.105. The molecule has 0 amide bonds. The number of rotatable bonds is 6. The second-order valence-electron chi connectivity index (χ2n) is 8.70. The van der Waals surface area contributed by atoms with Crippen molar-refractivity contribution in [2.24, 2.45) is 0 Å². The van der Waals surface area contributed by atoms with Crippen molar-refractivity contribution in [3.8, 4) is 11.5 Å². The van der Waals surface area contributed by atoms with E-state index in [0.29, 0.717) is 24.2 Å². The molecule has 1 aromatic carbocycles. The molecule has 0 spiro atoms. The number of benzene rings is 1. The van der Waals surface area contributed by atoms with Gasteiger partial charge in [0.2, 0.25) is 12.0 Å². The molecule has 0 bridgehead atoms. The fraction of sp³-hybridized carbons (Fsp3) is 0.435. The highest BCUT2D eigenvalue weighted by Gasteiger charge is 2.45. The van der Waals surface area contributed by atoms with Crippen molar-refractivity contribution in [1.82, 2.24) is 5.32 Å². The van der Waals surface area contributed by atoms with Gasteiger partial charge < -0.3 is 50.5 Å². The van der Waals surface area contributed by atoms with Crippen LogP contribution in [0.15, 0.2) is 35.6 Å². The summed E-state index contributed by atoms with van der Waals surface area (Å²) in [7, 11) is 0. The molecular weight excluding hydrogens is 480 g/mol. The molecular formula is C23H27N2O11+. The number of phenolic OH excluding ortho intramolecular Hbond substituents is 1. The van der Waals surface area contributed by atoms with Crippen LogP contribution in [0.1, 0.15) is 12.0 Å². The van der Waals surface area contributed by atoms with Gasteiger partial charge >= 0.3 is 11.9 Å². The molecule has 1 fully saturated rings. The Bertz CT molecular complexity index is 1140. The van der Waals surface area contributed by atoms with Gasteiger partial charge in [0.15, 0.2) is 24.3 Å². The summed E-state index contributed by atoms with van der Waals surface area (Å²) < 4.78 is 12.7. The molecule has 194 valence electrons. The molecule has 0 radical (unpaired) electrons. The molecule has 0 aliphatic carbocycles. The molecule has 13 heteroatoms. The topological polar surface area (TPSA) is 209 Å². The number of carboxylic acid groups (broad SMARTS) is 2. The van der Waals surface area contributed by atoms with Crippen molar-refractivity contribution in [3.05, 3.63) is 41.1 Å². The fourth-order valence-electron chi connectivity index (χ4n) is 4.30. The zero-order valence-corrected chi connectivity index (χ0v) is 18.9. The van der Waals surface area contributed by atoms with Gasteiger partial charge in [0.05, 0.1) is 12.7 Å². The molecule has 4 rings (SSSR count). The van der Waals surface area contributed by atoms with E-state index in [4.69, 9.17) is 9.47 Å². The van der Waals surface area contributed by atoms with Gasteiger partial charge in [-0.05, 0) is 17.7 Å². The maximum absolute atomic E-state index is 11.4. The third-order valence-electron chi connectivity index (χ3n) is 6.28. The number of nitrogens with zero attached hydrogens (tertiary/aromatic N) is 1. The zero-order chi connectivity index (χ0) is 26.1. The van der Waals surface area contributed by atoms with Crippen LogP contribution in [0.3, 0.4) is 0 Å². The lowest BCUT2D eigenvalue weighted by Crippen LogP contribution is -2.60. The van der Waals surface area contributed by atoms with Gasteiger partial charge in [-0.15, -0.1) is 0 Å². The number of aliphatic hydroxyl groups is 4. The largest absolute Gasteiger partial charge is 0.504 e. The minimum Gasteiger partial charge on any atom is -0.504 e. The van der Waals surface area contributed by atoms with Crippen molar-refractivity contribution in [1.29, 1.82) is 0 Å². The highest BCUT2D eigenvalue weighted by molar-refractivity contribution is 5.89. The molecule has 36 heavy (non-hydrogen) atoms. The summed E-state index contributed by atoms with van der Waals surface area (Å²) in [5.74, 6) is -2.76. The molecule has 1 saturated heterocycles. The smallest absolute Gasteiger partial charge is 0.351 e. The predicted molar refractivity (Wildman–Crippen MR) is 120 cm³/mol. The Morgan fingerprint density at radius 2 is 1.92 bits per heavy atom. The monoisotopic (exact) mass is 507 g/mol. The normalized spacial score (nSPS) is 32.1. The van der Waals surface area contributed by atoms with E-state index in [1.165, 1.54) is 12.1 Å². The highest BCUT2D eigenvalue weighted by atomic mass is 16.7. The van der Waals surface area contributed by atoms with Crippen molar-refractivity contribution in [2.45, 2.75) is 49.6 Å². The van der Waals surface area contributed by atoms with Crippen LogP contribution in [0.25, 0.3) is 0 Å². The van der Waals surface area contributed by atoms with E-state index in [-0.39, 0.29) is 23.6 Å². The van der Waals surface area contributed by atoms with E-state index in [1.807, 2.05) is 0 Å². The zero-order valence-electron chi connectivity index (χ0n) is 18.9. The molecule has 6 atom stereocenters. The lowest BCUT2D eigenvalue weighted by Gasteiger charge is -2.39. The quantitative estimate of drug-likeness (QED) is 0.200. The number of hydrogen-bond acceptors (Lipinski definition) is 10. The second kappa shape index (κ2) is 10.2. The number of aliphatic hydroxyl groups excluding tert-OH is 4. The number of allylic oxidation sites excluding steroid dienone is 2. The van der Waals surface area contributed by atoms with Gasteiger partial charge in [-0.3, -0.25) is 0 Å². The van der Waals surface area contributed by atoms with Crippen molar-refractivity contribution in [3.63, 3.8) is 0 Å². The lowest BCUT2D eigenvalue weighted by atomic mass is 9.99.